The van der Waals surface area contributed by atoms with Crippen LogP contribution in [0.3, 0.4) is 0 Å². The molecule has 3 rings (SSSR count). The summed E-state index contributed by atoms with van der Waals surface area (Å²) in [6, 6.07) is 4.57. The molecule has 0 spiro atoms. The number of fused-ring (bicyclic) bond motifs is 1. The number of ether oxygens (including phenoxy) is 1. The predicted molar refractivity (Wildman–Crippen MR) is 70.1 cm³/mol. The van der Waals surface area contributed by atoms with Crippen LogP contribution in [0.25, 0.3) is 0 Å². The zero-order valence-corrected chi connectivity index (χ0v) is 11.4. The summed E-state index contributed by atoms with van der Waals surface area (Å²) >= 11 is 1.46. The van der Waals surface area contributed by atoms with Crippen LogP contribution in [0.5, 0.6) is 5.75 Å². The lowest BCUT2D eigenvalue weighted by Gasteiger charge is -2.09. The van der Waals surface area contributed by atoms with Gasteiger partial charge in [0.25, 0.3) is 0 Å². The van der Waals surface area contributed by atoms with Gasteiger partial charge in [0.2, 0.25) is 5.16 Å². The second-order valence-electron chi connectivity index (χ2n) is 4.42. The van der Waals surface area contributed by atoms with E-state index in [0.717, 1.165) is 11.3 Å². The number of halogens is 1. The summed E-state index contributed by atoms with van der Waals surface area (Å²) in [4.78, 5) is 0. The summed E-state index contributed by atoms with van der Waals surface area (Å²) in [6.07, 6.45) is 0.665. The Morgan fingerprint density at radius 2 is 2.40 bits per heavy atom. The number of hydrogen-bond donors (Lipinski definition) is 1. The Kier molecular flexibility index (Phi) is 3.83. The largest absolute Gasteiger partial charge is 0.489 e. The molecule has 106 valence electrons. The van der Waals surface area contributed by atoms with Gasteiger partial charge in [-0.3, -0.25) is 0 Å². The van der Waals surface area contributed by atoms with E-state index in [1.807, 2.05) is 0 Å². The van der Waals surface area contributed by atoms with Crippen LogP contribution < -0.4 is 4.74 Å². The number of benzene rings is 1. The molecule has 1 atom stereocenters. The third kappa shape index (κ3) is 2.75. The number of aliphatic hydroxyl groups excluding tert-OH is 1. The molecule has 20 heavy (non-hydrogen) atoms. The van der Waals surface area contributed by atoms with Crippen molar-refractivity contribution in [1.82, 2.24) is 20.2 Å². The van der Waals surface area contributed by atoms with Crippen molar-refractivity contribution in [3.8, 4) is 5.75 Å². The Morgan fingerprint density at radius 1 is 1.50 bits per heavy atom. The molecule has 1 N–H and O–H groups in total. The van der Waals surface area contributed by atoms with Gasteiger partial charge in [-0.15, -0.1) is 5.10 Å². The van der Waals surface area contributed by atoms with Crippen LogP contribution in [0.1, 0.15) is 5.56 Å². The van der Waals surface area contributed by atoms with Gasteiger partial charge in [0.1, 0.15) is 17.7 Å². The Labute approximate surface area is 118 Å². The minimum absolute atomic E-state index is 0.0107. The minimum Gasteiger partial charge on any atom is -0.489 e. The summed E-state index contributed by atoms with van der Waals surface area (Å²) in [6.45, 7) is 0.357. The SMILES string of the molecule is OCCn1nnnc1SCC1Cc2cc(F)ccc2O1. The second kappa shape index (κ2) is 5.76. The topological polar surface area (TPSA) is 73.1 Å². The van der Waals surface area contributed by atoms with Crippen molar-refractivity contribution in [2.45, 2.75) is 24.2 Å². The molecule has 0 radical (unpaired) electrons. The van der Waals surface area contributed by atoms with Crippen molar-refractivity contribution in [3.05, 3.63) is 29.6 Å². The van der Waals surface area contributed by atoms with E-state index in [9.17, 15) is 4.39 Å². The van der Waals surface area contributed by atoms with Crippen molar-refractivity contribution in [3.63, 3.8) is 0 Å². The first-order valence-corrected chi connectivity index (χ1v) is 7.19. The number of thioether (sulfide) groups is 1. The van der Waals surface area contributed by atoms with Crippen LogP contribution in [0.4, 0.5) is 4.39 Å². The zero-order chi connectivity index (χ0) is 13.9. The molecule has 0 saturated carbocycles. The average molecular weight is 296 g/mol. The van der Waals surface area contributed by atoms with Crippen molar-refractivity contribution >= 4 is 11.8 Å². The van der Waals surface area contributed by atoms with E-state index in [1.165, 1.54) is 23.9 Å². The molecule has 1 aromatic heterocycles. The number of aliphatic hydroxyl groups is 1. The molecular weight excluding hydrogens is 283 g/mol. The third-order valence-corrected chi connectivity index (χ3v) is 4.06. The van der Waals surface area contributed by atoms with Crippen LogP contribution in [0.15, 0.2) is 23.4 Å². The summed E-state index contributed by atoms with van der Waals surface area (Å²) in [7, 11) is 0. The maximum Gasteiger partial charge on any atom is 0.209 e. The fourth-order valence-electron chi connectivity index (χ4n) is 2.08. The molecule has 2 aromatic rings. The standard InChI is InChI=1S/C12H13FN4O2S/c13-9-1-2-11-8(5-9)6-10(19-11)7-20-12-14-15-16-17(12)3-4-18/h1-2,5,10,18H,3-4,6-7H2. The molecule has 1 unspecified atom stereocenters. The van der Waals surface area contributed by atoms with E-state index in [2.05, 4.69) is 15.5 Å². The summed E-state index contributed by atoms with van der Waals surface area (Å²) in [5.41, 5.74) is 0.894. The van der Waals surface area contributed by atoms with Crippen LogP contribution in [-0.2, 0) is 13.0 Å². The fraction of sp³-hybridized carbons (Fsp3) is 0.417. The molecule has 0 bridgehead atoms. The van der Waals surface area contributed by atoms with Gasteiger partial charge in [-0.05, 0) is 28.6 Å². The lowest BCUT2D eigenvalue weighted by Crippen LogP contribution is -2.16. The molecule has 0 fully saturated rings. The maximum absolute atomic E-state index is 13.1. The van der Waals surface area contributed by atoms with Gasteiger partial charge in [-0.1, -0.05) is 11.8 Å². The molecule has 6 nitrogen and oxygen atoms in total. The quantitative estimate of drug-likeness (QED) is 0.827. The van der Waals surface area contributed by atoms with Crippen LogP contribution in [0.2, 0.25) is 0 Å². The predicted octanol–water partition coefficient (Wildman–Crippen LogP) is 0.900. The van der Waals surface area contributed by atoms with E-state index in [-0.39, 0.29) is 18.5 Å². The summed E-state index contributed by atoms with van der Waals surface area (Å²) < 4.78 is 20.4. The highest BCUT2D eigenvalue weighted by Gasteiger charge is 2.24. The molecule has 0 aliphatic carbocycles. The molecular formula is C12H13FN4O2S. The molecule has 1 aliphatic rings. The highest BCUT2D eigenvalue weighted by Crippen LogP contribution is 2.31. The van der Waals surface area contributed by atoms with E-state index >= 15 is 0 Å². The van der Waals surface area contributed by atoms with Crippen molar-refractivity contribution < 1.29 is 14.2 Å². The van der Waals surface area contributed by atoms with Gasteiger partial charge in [0, 0.05) is 17.7 Å². The highest BCUT2D eigenvalue weighted by molar-refractivity contribution is 7.99. The molecule has 0 amide bonds. The highest BCUT2D eigenvalue weighted by atomic mass is 32.2. The first kappa shape index (κ1) is 13.3. The normalized spacial score (nSPS) is 17.0. The molecule has 1 aromatic carbocycles. The average Bonchev–Trinajstić information content (AvgIpc) is 3.02. The number of rotatable bonds is 5. The lowest BCUT2D eigenvalue weighted by atomic mass is 10.1. The Morgan fingerprint density at radius 3 is 3.25 bits per heavy atom. The first-order chi connectivity index (χ1) is 9.76. The van der Waals surface area contributed by atoms with Gasteiger partial charge in [0.05, 0.1) is 13.2 Å². The zero-order valence-electron chi connectivity index (χ0n) is 10.6. The van der Waals surface area contributed by atoms with E-state index in [0.29, 0.717) is 23.9 Å². The minimum atomic E-state index is -0.243. The van der Waals surface area contributed by atoms with E-state index in [1.54, 1.807) is 10.7 Å². The van der Waals surface area contributed by atoms with E-state index in [4.69, 9.17) is 9.84 Å². The van der Waals surface area contributed by atoms with Gasteiger partial charge in [0.15, 0.2) is 0 Å². The van der Waals surface area contributed by atoms with Gasteiger partial charge in [-0.25, -0.2) is 9.07 Å². The number of hydrogen-bond acceptors (Lipinski definition) is 6. The fourth-order valence-corrected chi connectivity index (χ4v) is 2.98. The number of nitrogens with zero attached hydrogens (tertiary/aromatic N) is 4. The third-order valence-electron chi connectivity index (χ3n) is 2.97. The van der Waals surface area contributed by atoms with Gasteiger partial charge in [-0.2, -0.15) is 0 Å². The van der Waals surface area contributed by atoms with Crippen molar-refractivity contribution in [1.29, 1.82) is 0 Å². The van der Waals surface area contributed by atoms with Crippen LogP contribution in [0, 0.1) is 5.82 Å². The number of tetrazole rings is 1. The number of aromatic nitrogens is 4. The van der Waals surface area contributed by atoms with Gasteiger partial charge >= 0.3 is 0 Å². The second-order valence-corrected chi connectivity index (χ2v) is 5.40. The van der Waals surface area contributed by atoms with Crippen LogP contribution in [-0.4, -0.2) is 43.8 Å². The first-order valence-electron chi connectivity index (χ1n) is 6.21. The summed E-state index contributed by atoms with van der Waals surface area (Å²) in [5, 5.41) is 20.8. The van der Waals surface area contributed by atoms with Crippen LogP contribution >= 0.6 is 11.8 Å². The lowest BCUT2D eigenvalue weighted by molar-refractivity contribution is 0.258. The molecule has 0 saturated heterocycles. The molecule has 1 aliphatic heterocycles. The van der Waals surface area contributed by atoms with E-state index < -0.39 is 0 Å². The maximum atomic E-state index is 13.1. The molecule has 8 heteroatoms. The van der Waals surface area contributed by atoms with Crippen molar-refractivity contribution in [2.75, 3.05) is 12.4 Å². The smallest absolute Gasteiger partial charge is 0.209 e. The van der Waals surface area contributed by atoms with Crippen molar-refractivity contribution in [2.24, 2.45) is 0 Å². The summed E-state index contributed by atoms with van der Waals surface area (Å²) in [5.74, 6) is 1.17. The Balaban J connectivity index is 1.59. The monoisotopic (exact) mass is 296 g/mol. The Hall–Kier alpha value is -1.67. The Bertz CT molecular complexity index is 607. The molecule has 2 heterocycles. The van der Waals surface area contributed by atoms with Gasteiger partial charge < -0.3 is 9.84 Å².